The third-order valence-corrected chi connectivity index (χ3v) is 3.44. The van der Waals surface area contributed by atoms with Gasteiger partial charge >= 0.3 is 0 Å². The lowest BCUT2D eigenvalue weighted by molar-refractivity contribution is 0.140. The number of halogens is 1. The third kappa shape index (κ3) is 3.81. The molecule has 0 saturated carbocycles. The van der Waals surface area contributed by atoms with Crippen LogP contribution in [0.2, 0.25) is 0 Å². The second kappa shape index (κ2) is 7.07. The van der Waals surface area contributed by atoms with Gasteiger partial charge in [-0.25, -0.2) is 0 Å². The van der Waals surface area contributed by atoms with Crippen LogP contribution in [0.15, 0.2) is 25.6 Å². The molecule has 0 aliphatic heterocycles. The maximum absolute atomic E-state index is 5.67. The number of hydrogen-bond donors (Lipinski definition) is 1. The van der Waals surface area contributed by atoms with E-state index in [0.717, 1.165) is 23.9 Å². The second-order valence-electron chi connectivity index (χ2n) is 4.11. The van der Waals surface area contributed by atoms with Crippen molar-refractivity contribution in [1.82, 2.24) is 0 Å². The molecule has 0 spiro atoms. The van der Waals surface area contributed by atoms with Crippen LogP contribution in [0.1, 0.15) is 19.8 Å². The molecule has 2 rings (SSSR count). The van der Waals surface area contributed by atoms with Crippen LogP contribution in [-0.2, 0) is 4.74 Å². The van der Waals surface area contributed by atoms with E-state index in [9.17, 15) is 0 Å². The first-order valence-electron chi connectivity index (χ1n) is 6.25. The largest absolute Gasteiger partial charge is 0.458 e. The van der Waals surface area contributed by atoms with E-state index in [1.54, 1.807) is 12.3 Å². The minimum absolute atomic E-state index is 0.589. The number of anilines is 1. The number of furan rings is 1. The zero-order chi connectivity index (χ0) is 13.7. The van der Waals surface area contributed by atoms with E-state index in [1.165, 1.54) is 0 Å². The monoisotopic (exact) mass is 345 g/mol. The molecule has 0 aliphatic rings. The molecule has 0 amide bonds. The summed E-state index contributed by atoms with van der Waals surface area (Å²) < 4.78 is 17.8. The first-order chi connectivity index (χ1) is 9.22. The molecule has 0 saturated heterocycles. The van der Waals surface area contributed by atoms with Crippen molar-refractivity contribution in [2.75, 3.05) is 25.1 Å². The predicted octanol–water partition coefficient (Wildman–Crippen LogP) is 4.75. The number of unbranched alkanes of at least 4 members (excludes halogenated alkanes) is 1. The van der Waals surface area contributed by atoms with Crippen LogP contribution in [0.3, 0.4) is 0 Å². The van der Waals surface area contributed by atoms with E-state index in [-0.39, 0.29) is 0 Å². The topological polar surface area (TPSA) is 47.5 Å². The van der Waals surface area contributed by atoms with Crippen LogP contribution in [-0.4, -0.2) is 19.8 Å². The summed E-state index contributed by atoms with van der Waals surface area (Å²) in [5.74, 6) is 0.624. The van der Waals surface area contributed by atoms with Gasteiger partial charge in [-0.3, -0.25) is 0 Å². The molecular weight excluding hydrogens is 330 g/mol. The van der Waals surface area contributed by atoms with Crippen LogP contribution in [0.25, 0.3) is 11.2 Å². The maximum atomic E-state index is 5.67. The van der Waals surface area contributed by atoms with Crippen molar-refractivity contribution in [1.29, 1.82) is 0 Å². The van der Waals surface area contributed by atoms with E-state index >= 15 is 0 Å². The van der Waals surface area contributed by atoms with Crippen molar-refractivity contribution >= 4 is 45.2 Å². The normalized spacial score (nSPS) is 11.1. The van der Waals surface area contributed by atoms with Gasteiger partial charge in [0.05, 0.1) is 15.6 Å². The van der Waals surface area contributed by atoms with Crippen molar-refractivity contribution < 1.29 is 13.6 Å². The van der Waals surface area contributed by atoms with E-state index < -0.39 is 0 Å². The predicted molar refractivity (Wildman–Crippen MR) is 81.2 cm³/mol. The highest BCUT2D eigenvalue weighted by Crippen LogP contribution is 2.29. The quantitative estimate of drug-likeness (QED) is 0.579. The van der Waals surface area contributed by atoms with Gasteiger partial charge in [0, 0.05) is 19.2 Å². The number of ether oxygens (including phenoxy) is 1. The molecule has 2 aromatic rings. The van der Waals surface area contributed by atoms with E-state index in [1.807, 2.05) is 0 Å². The molecule has 0 radical (unpaired) electrons. The van der Waals surface area contributed by atoms with Crippen molar-refractivity contribution in [3.05, 3.63) is 21.3 Å². The van der Waals surface area contributed by atoms with Gasteiger partial charge in [-0.05, 0) is 22.4 Å². The average molecular weight is 346 g/mol. The van der Waals surface area contributed by atoms with Gasteiger partial charge in [0.1, 0.15) is 6.26 Å². The number of rotatable bonds is 7. The lowest BCUT2D eigenvalue weighted by atomic mass is 10.4. The summed E-state index contributed by atoms with van der Waals surface area (Å²) in [5.41, 5.74) is 1.22. The molecule has 0 aliphatic carbocycles. The minimum atomic E-state index is 0.589. The fourth-order valence-electron chi connectivity index (χ4n) is 1.60. The molecular formula is C13H16BrNO3S. The molecule has 104 valence electrons. The van der Waals surface area contributed by atoms with Gasteiger partial charge in [-0.15, -0.1) is 0 Å². The van der Waals surface area contributed by atoms with E-state index in [2.05, 4.69) is 28.2 Å². The van der Waals surface area contributed by atoms with E-state index in [0.29, 0.717) is 34.7 Å². The average Bonchev–Trinajstić information content (AvgIpc) is 2.76. The third-order valence-electron chi connectivity index (χ3n) is 2.59. The van der Waals surface area contributed by atoms with Crippen LogP contribution >= 0.6 is 28.1 Å². The molecule has 2 heterocycles. The Kier molecular flexibility index (Phi) is 5.42. The van der Waals surface area contributed by atoms with Gasteiger partial charge in [0.15, 0.2) is 17.1 Å². The van der Waals surface area contributed by atoms with Crippen LogP contribution in [0.5, 0.6) is 0 Å². The molecule has 0 aromatic carbocycles. The zero-order valence-corrected chi connectivity index (χ0v) is 13.1. The molecule has 2 aromatic heterocycles. The Balaban J connectivity index is 1.94. The van der Waals surface area contributed by atoms with Gasteiger partial charge in [-0.1, -0.05) is 25.6 Å². The summed E-state index contributed by atoms with van der Waals surface area (Å²) in [6.45, 7) is 4.27. The molecule has 6 heteroatoms. The Bertz CT molecular complexity index is 593. The fourth-order valence-corrected chi connectivity index (χ4v) is 2.20. The van der Waals surface area contributed by atoms with Crippen LogP contribution in [0.4, 0.5) is 5.88 Å². The van der Waals surface area contributed by atoms with Gasteiger partial charge in [-0.2, -0.15) is 0 Å². The Morgan fingerprint density at radius 1 is 1.37 bits per heavy atom. The number of hydrogen-bond acceptors (Lipinski definition) is 5. The van der Waals surface area contributed by atoms with Gasteiger partial charge < -0.3 is 18.9 Å². The first-order valence-corrected chi connectivity index (χ1v) is 7.45. The summed E-state index contributed by atoms with van der Waals surface area (Å²) in [4.78, 5) is 0. The minimum Gasteiger partial charge on any atom is -0.458 e. The molecule has 19 heavy (non-hydrogen) atoms. The summed E-state index contributed by atoms with van der Waals surface area (Å²) in [7, 11) is 0. The van der Waals surface area contributed by atoms with Crippen molar-refractivity contribution in [3.8, 4) is 0 Å². The molecule has 0 atom stereocenters. The lowest BCUT2D eigenvalue weighted by Gasteiger charge is -2.06. The van der Waals surface area contributed by atoms with E-state index in [4.69, 9.17) is 25.8 Å². The van der Waals surface area contributed by atoms with Crippen molar-refractivity contribution in [3.63, 3.8) is 0 Å². The Hall–Kier alpha value is -0.850. The van der Waals surface area contributed by atoms with Gasteiger partial charge in [0.25, 0.3) is 0 Å². The highest BCUT2D eigenvalue weighted by atomic mass is 79.9. The van der Waals surface area contributed by atoms with Crippen molar-refractivity contribution in [2.45, 2.75) is 19.8 Å². The Morgan fingerprint density at radius 3 is 3.00 bits per heavy atom. The lowest BCUT2D eigenvalue weighted by Crippen LogP contribution is -2.09. The first kappa shape index (κ1) is 14.6. The molecule has 0 unspecified atom stereocenters. The highest BCUT2D eigenvalue weighted by molar-refractivity contribution is 9.10. The molecule has 4 nitrogen and oxygen atoms in total. The van der Waals surface area contributed by atoms with Gasteiger partial charge in [0.2, 0.25) is 0 Å². The smallest absolute Gasteiger partial charge is 0.195 e. The van der Waals surface area contributed by atoms with Crippen LogP contribution < -0.4 is 5.32 Å². The number of fused-ring (bicyclic) bond motifs is 1. The van der Waals surface area contributed by atoms with Crippen molar-refractivity contribution in [2.24, 2.45) is 0 Å². The summed E-state index contributed by atoms with van der Waals surface area (Å²) in [5, 5.41) is 3.15. The Morgan fingerprint density at radius 2 is 2.21 bits per heavy atom. The molecule has 1 N–H and O–H groups in total. The summed E-state index contributed by atoms with van der Waals surface area (Å²) >= 11 is 8.60. The second-order valence-corrected chi connectivity index (χ2v) is 5.40. The fraction of sp³-hybridized carbons (Fsp3) is 0.462. The number of nitrogens with one attached hydrogen (secondary N) is 1. The Labute approximate surface area is 125 Å². The molecule has 0 bridgehead atoms. The summed E-state index contributed by atoms with van der Waals surface area (Å²) in [6, 6.07) is 1.75. The maximum Gasteiger partial charge on any atom is 0.195 e. The standard InChI is InChI=1S/C13H16BrNO3S/c1-2-3-5-16-6-4-15-11-7-10(19)13-12(18-11)9(14)8-17-13/h7-8,15H,2-6H2,1H3. The zero-order valence-electron chi connectivity index (χ0n) is 10.7. The van der Waals surface area contributed by atoms with Crippen LogP contribution in [0, 0.1) is 4.51 Å². The highest BCUT2D eigenvalue weighted by Gasteiger charge is 2.09. The summed E-state index contributed by atoms with van der Waals surface area (Å²) in [6.07, 6.45) is 3.81. The SMILES string of the molecule is CCCCOCCNc1cc(=S)c2occ(Br)c2o1. The molecule has 0 fully saturated rings.